The Bertz CT molecular complexity index is 1270. The molecule has 1 aliphatic carbocycles. The van der Waals surface area contributed by atoms with Crippen molar-refractivity contribution in [2.24, 2.45) is 0 Å². The summed E-state index contributed by atoms with van der Waals surface area (Å²) in [7, 11) is 0. The van der Waals surface area contributed by atoms with Gasteiger partial charge in [-0.25, -0.2) is 15.0 Å². The number of hydrogen-bond donors (Lipinski definition) is 3. The molecule has 0 radical (unpaired) electrons. The molecule has 2 fully saturated rings. The molecule has 3 heterocycles. The second-order valence-corrected chi connectivity index (χ2v) is 10.4. The van der Waals surface area contributed by atoms with Gasteiger partial charge in [-0.1, -0.05) is 6.07 Å². The molecule has 0 unspecified atom stereocenters. The van der Waals surface area contributed by atoms with Gasteiger partial charge in [-0.2, -0.15) is 13.2 Å². The summed E-state index contributed by atoms with van der Waals surface area (Å²) in [5, 5.41) is 17.9. The van der Waals surface area contributed by atoms with Gasteiger partial charge in [0.15, 0.2) is 0 Å². The van der Waals surface area contributed by atoms with Crippen molar-refractivity contribution in [2.45, 2.75) is 62.8 Å². The number of amides is 1. The zero-order valence-electron chi connectivity index (χ0n) is 18.9. The molecule has 0 bridgehead atoms. The second-order valence-electron chi connectivity index (χ2n) is 9.37. The number of halogens is 3. The van der Waals surface area contributed by atoms with Crippen molar-refractivity contribution in [3.63, 3.8) is 0 Å². The minimum atomic E-state index is -4.56. The quantitative estimate of drug-likeness (QED) is 0.459. The lowest BCUT2D eigenvalue weighted by Crippen LogP contribution is -2.48. The molecular weight excluding hydrogens is 479 g/mol. The van der Waals surface area contributed by atoms with Gasteiger partial charge in [-0.05, 0) is 68.4 Å². The van der Waals surface area contributed by atoms with E-state index in [1.165, 1.54) is 11.3 Å². The minimum absolute atomic E-state index is 0.0753. The molecule has 1 saturated carbocycles. The van der Waals surface area contributed by atoms with E-state index in [0.29, 0.717) is 42.8 Å². The summed E-state index contributed by atoms with van der Waals surface area (Å²) in [6.45, 7) is 1.88. The van der Waals surface area contributed by atoms with E-state index in [1.54, 1.807) is 18.3 Å². The Morgan fingerprint density at radius 3 is 2.57 bits per heavy atom. The lowest BCUT2D eigenvalue weighted by atomic mass is 9.73. The lowest BCUT2D eigenvalue weighted by Gasteiger charge is -2.41. The predicted octanol–water partition coefficient (Wildman–Crippen LogP) is 5.08. The zero-order chi connectivity index (χ0) is 24.8. The molecule has 2 aliphatic rings. The molecule has 184 valence electrons. The molecule has 1 aromatic carbocycles. The third-order valence-electron chi connectivity index (χ3n) is 6.74. The van der Waals surface area contributed by atoms with E-state index >= 15 is 0 Å². The van der Waals surface area contributed by atoms with Gasteiger partial charge < -0.3 is 15.7 Å². The highest BCUT2D eigenvalue weighted by molar-refractivity contribution is 7.15. The number of hydrogen-bond acceptors (Lipinski definition) is 7. The maximum Gasteiger partial charge on any atom is 0.433 e. The van der Waals surface area contributed by atoms with Crippen LogP contribution in [0.1, 0.15) is 54.8 Å². The first-order valence-electron chi connectivity index (χ1n) is 11.3. The van der Waals surface area contributed by atoms with Crippen LogP contribution in [0.4, 0.5) is 24.8 Å². The van der Waals surface area contributed by atoms with Crippen LogP contribution < -0.4 is 10.6 Å². The van der Waals surface area contributed by atoms with Crippen molar-refractivity contribution in [1.82, 2.24) is 20.3 Å². The van der Waals surface area contributed by atoms with Gasteiger partial charge in [0.1, 0.15) is 16.3 Å². The average Bonchev–Trinajstić information content (AvgIpc) is 3.44. The van der Waals surface area contributed by atoms with Gasteiger partial charge in [0.05, 0.1) is 4.88 Å². The molecule has 35 heavy (non-hydrogen) atoms. The number of carbonyl (C=O) groups is 1. The highest BCUT2D eigenvalue weighted by atomic mass is 32.1. The number of carbonyl (C=O) groups excluding carboxylic acids is 1. The van der Waals surface area contributed by atoms with Crippen molar-refractivity contribution in [3.05, 3.63) is 52.9 Å². The summed E-state index contributed by atoms with van der Waals surface area (Å²) in [5.41, 5.74) is -0.00632. The van der Waals surface area contributed by atoms with Gasteiger partial charge in [0.2, 0.25) is 11.9 Å². The zero-order valence-corrected chi connectivity index (χ0v) is 19.8. The van der Waals surface area contributed by atoms with Crippen molar-refractivity contribution >= 4 is 28.9 Å². The Labute approximate surface area is 203 Å². The van der Waals surface area contributed by atoms with Crippen LogP contribution in [0, 0.1) is 6.92 Å². The van der Waals surface area contributed by atoms with Gasteiger partial charge in [-0.15, -0.1) is 11.3 Å². The fourth-order valence-corrected chi connectivity index (χ4v) is 5.88. The number of nitrogens with one attached hydrogen (secondary N) is 2. The van der Waals surface area contributed by atoms with Crippen LogP contribution in [0.2, 0.25) is 0 Å². The standard InChI is InChI=1S/C24H24F3N5O2S/c1-14-10-15(12-16(11-14)30-21-28-9-3-18(31-21)24(25,26)27)17-13-29-20(35-17)23(34)7-5-22(6-8-23)4-2-19(33)32-22/h3,9-13,34H,2,4-8H2,1H3,(H,32,33)(H,28,30,31)/t22-,23-. The summed E-state index contributed by atoms with van der Waals surface area (Å²) in [4.78, 5) is 24.5. The van der Waals surface area contributed by atoms with E-state index in [9.17, 15) is 23.1 Å². The first-order chi connectivity index (χ1) is 16.5. The number of nitrogens with zero attached hydrogens (tertiary/aromatic N) is 3. The maximum atomic E-state index is 13.0. The Morgan fingerprint density at radius 1 is 1.11 bits per heavy atom. The molecule has 3 N–H and O–H groups in total. The minimum Gasteiger partial charge on any atom is -0.383 e. The number of aryl methyl sites for hydroxylation is 1. The molecular formula is C24H24F3N5O2S. The van der Waals surface area contributed by atoms with Gasteiger partial charge in [0.25, 0.3) is 0 Å². The largest absolute Gasteiger partial charge is 0.433 e. The molecule has 7 nitrogen and oxygen atoms in total. The van der Waals surface area contributed by atoms with Crippen LogP contribution in [-0.4, -0.2) is 31.5 Å². The van der Waals surface area contributed by atoms with E-state index in [1.807, 2.05) is 13.0 Å². The van der Waals surface area contributed by atoms with Crippen LogP contribution in [0.15, 0.2) is 36.7 Å². The third kappa shape index (κ3) is 4.87. The van der Waals surface area contributed by atoms with Crippen molar-refractivity contribution in [3.8, 4) is 10.4 Å². The van der Waals surface area contributed by atoms with Crippen LogP contribution in [0.3, 0.4) is 0 Å². The van der Waals surface area contributed by atoms with Gasteiger partial charge in [-0.3, -0.25) is 4.79 Å². The topological polar surface area (TPSA) is 100 Å². The van der Waals surface area contributed by atoms with E-state index in [4.69, 9.17) is 0 Å². The highest BCUT2D eigenvalue weighted by Gasteiger charge is 2.47. The molecule has 1 spiro atoms. The number of aromatic nitrogens is 3. The molecule has 0 atom stereocenters. The summed E-state index contributed by atoms with van der Waals surface area (Å²) < 4.78 is 39.0. The summed E-state index contributed by atoms with van der Waals surface area (Å²) in [5.74, 6) is -0.0720. The number of aliphatic hydroxyl groups is 1. The summed E-state index contributed by atoms with van der Waals surface area (Å²) in [6.07, 6.45) is 2.02. The molecule has 2 aromatic heterocycles. The second kappa shape index (κ2) is 8.56. The Kier molecular flexibility index (Phi) is 5.79. The highest BCUT2D eigenvalue weighted by Crippen LogP contribution is 2.46. The number of alkyl halides is 3. The molecule has 3 aromatic rings. The molecule has 1 saturated heterocycles. The van der Waals surface area contributed by atoms with Crippen LogP contribution in [-0.2, 0) is 16.6 Å². The van der Waals surface area contributed by atoms with E-state index < -0.39 is 17.5 Å². The SMILES string of the molecule is Cc1cc(Nc2nccc(C(F)(F)F)n2)cc(-c2cnc([C@]3(O)CC[C@@]4(CCC(=O)N4)CC3)s2)c1. The van der Waals surface area contributed by atoms with Crippen molar-refractivity contribution < 1.29 is 23.1 Å². The number of anilines is 2. The smallest absolute Gasteiger partial charge is 0.383 e. The van der Waals surface area contributed by atoms with Crippen LogP contribution >= 0.6 is 11.3 Å². The number of rotatable bonds is 4. The lowest BCUT2D eigenvalue weighted by molar-refractivity contribution is -0.141. The van der Waals surface area contributed by atoms with Crippen molar-refractivity contribution in [2.75, 3.05) is 5.32 Å². The fraction of sp³-hybridized carbons (Fsp3) is 0.417. The summed E-state index contributed by atoms with van der Waals surface area (Å²) in [6, 6.07) is 6.36. The maximum absolute atomic E-state index is 13.0. The third-order valence-corrected chi connectivity index (χ3v) is 7.98. The van der Waals surface area contributed by atoms with Crippen LogP contribution in [0.5, 0.6) is 0 Å². The van der Waals surface area contributed by atoms with Gasteiger partial charge in [0, 0.05) is 30.0 Å². The Hall–Kier alpha value is -3.05. The number of benzene rings is 1. The Morgan fingerprint density at radius 2 is 1.89 bits per heavy atom. The average molecular weight is 504 g/mol. The monoisotopic (exact) mass is 503 g/mol. The first-order valence-corrected chi connectivity index (χ1v) is 12.1. The fourth-order valence-electron chi connectivity index (χ4n) is 4.83. The van der Waals surface area contributed by atoms with Gasteiger partial charge >= 0.3 is 6.18 Å². The van der Waals surface area contributed by atoms with Crippen molar-refractivity contribution in [1.29, 1.82) is 0 Å². The molecule has 1 amide bonds. The Balaban J connectivity index is 1.35. The normalized spacial score (nSPS) is 24.5. The predicted molar refractivity (Wildman–Crippen MR) is 125 cm³/mol. The first kappa shape index (κ1) is 23.7. The molecule has 1 aliphatic heterocycles. The number of thiazole rings is 1. The van der Waals surface area contributed by atoms with E-state index in [2.05, 4.69) is 25.6 Å². The van der Waals surface area contributed by atoms with E-state index in [0.717, 1.165) is 34.7 Å². The van der Waals surface area contributed by atoms with Crippen LogP contribution in [0.25, 0.3) is 10.4 Å². The molecule has 11 heteroatoms. The van der Waals surface area contributed by atoms with E-state index in [-0.39, 0.29) is 17.4 Å². The summed E-state index contributed by atoms with van der Waals surface area (Å²) >= 11 is 1.40. The molecule has 5 rings (SSSR count).